The van der Waals surface area contributed by atoms with Crippen molar-refractivity contribution < 1.29 is 19.2 Å². The Morgan fingerprint density at radius 2 is 2.23 bits per heavy atom. The van der Waals surface area contributed by atoms with E-state index in [1.54, 1.807) is 4.90 Å². The van der Waals surface area contributed by atoms with Gasteiger partial charge in [0.05, 0.1) is 18.6 Å². The third kappa shape index (κ3) is 4.43. The number of β-amino-alcohol motifs (C(OH)–C–C–N with tert-alkyl or cyclic N) is 1. The minimum absolute atomic E-state index is 0.214. The van der Waals surface area contributed by atoms with Gasteiger partial charge in [0.2, 0.25) is 5.89 Å². The first-order valence-electron chi connectivity index (χ1n) is 7.72. The van der Waals surface area contributed by atoms with Gasteiger partial charge in [-0.2, -0.15) is 4.98 Å². The average molecular weight is 311 g/mol. The van der Waals surface area contributed by atoms with Crippen LogP contribution in [0.15, 0.2) is 4.52 Å². The summed E-state index contributed by atoms with van der Waals surface area (Å²) in [6.07, 6.45) is 1.84. The van der Waals surface area contributed by atoms with E-state index in [4.69, 9.17) is 9.26 Å². The van der Waals surface area contributed by atoms with Gasteiger partial charge in [-0.15, -0.1) is 0 Å². The summed E-state index contributed by atoms with van der Waals surface area (Å²) < 4.78 is 10.5. The molecule has 1 amide bonds. The van der Waals surface area contributed by atoms with Gasteiger partial charge in [0.1, 0.15) is 5.60 Å². The van der Waals surface area contributed by atoms with Crippen LogP contribution in [0.5, 0.6) is 0 Å². The molecule has 1 N–H and O–H groups in total. The zero-order chi connectivity index (χ0) is 16.4. The number of nitrogens with zero attached hydrogens (tertiary/aromatic N) is 3. The van der Waals surface area contributed by atoms with Gasteiger partial charge in [0, 0.05) is 13.0 Å². The maximum absolute atomic E-state index is 12.1. The lowest BCUT2D eigenvalue weighted by Crippen LogP contribution is -2.52. The summed E-state index contributed by atoms with van der Waals surface area (Å²) >= 11 is 0. The van der Waals surface area contributed by atoms with Crippen molar-refractivity contribution in [2.45, 2.75) is 64.6 Å². The smallest absolute Gasteiger partial charge is 0.410 e. The maximum atomic E-state index is 12.1. The number of aromatic nitrogens is 2. The number of amides is 1. The molecule has 2 rings (SSSR count). The summed E-state index contributed by atoms with van der Waals surface area (Å²) in [5, 5.41) is 14.6. The van der Waals surface area contributed by atoms with E-state index in [1.165, 1.54) is 0 Å². The lowest BCUT2D eigenvalue weighted by Gasteiger charge is -2.38. The van der Waals surface area contributed by atoms with Crippen LogP contribution in [0.3, 0.4) is 0 Å². The standard InChI is InChI=1S/C15H25N3O4/c1-5-11-16-12(22-17-11)9-15(20)7-6-8-18(10-15)13(19)21-14(2,3)4/h20H,5-10H2,1-4H3/t15-/m0/s1. The molecule has 0 aliphatic carbocycles. The van der Waals surface area contributed by atoms with E-state index >= 15 is 0 Å². The Labute approximate surface area is 130 Å². The van der Waals surface area contributed by atoms with Crippen LogP contribution in [0, 0.1) is 0 Å². The first kappa shape index (κ1) is 16.7. The maximum Gasteiger partial charge on any atom is 0.410 e. The van der Waals surface area contributed by atoms with Gasteiger partial charge in [-0.05, 0) is 33.6 Å². The predicted octanol–water partition coefficient (Wildman–Crippen LogP) is 1.94. The lowest BCUT2D eigenvalue weighted by atomic mass is 9.90. The number of rotatable bonds is 3. The Bertz CT molecular complexity index is 523. The SMILES string of the molecule is CCc1noc(C[C@@]2(O)CCCN(C(=O)OC(C)(C)C)C2)n1. The molecular formula is C15H25N3O4. The Hall–Kier alpha value is -1.63. The van der Waals surface area contributed by atoms with Crippen LogP contribution in [0.25, 0.3) is 0 Å². The number of likely N-dealkylation sites (tertiary alicyclic amines) is 1. The van der Waals surface area contributed by atoms with Gasteiger partial charge >= 0.3 is 6.09 Å². The Kier molecular flexibility index (Phi) is 4.75. The number of aliphatic hydroxyl groups is 1. The third-order valence-corrected chi connectivity index (χ3v) is 3.51. The molecule has 0 saturated carbocycles. The molecule has 1 saturated heterocycles. The van der Waals surface area contributed by atoms with Crippen molar-refractivity contribution in [1.29, 1.82) is 0 Å². The predicted molar refractivity (Wildman–Crippen MR) is 79.4 cm³/mol. The Balaban J connectivity index is 2.00. The molecular weight excluding hydrogens is 286 g/mol. The normalized spacial score (nSPS) is 22.7. The highest BCUT2D eigenvalue weighted by atomic mass is 16.6. The Morgan fingerprint density at radius 3 is 2.82 bits per heavy atom. The van der Waals surface area contributed by atoms with Crippen molar-refractivity contribution >= 4 is 6.09 Å². The zero-order valence-corrected chi connectivity index (χ0v) is 13.8. The number of ether oxygens (including phenoxy) is 1. The lowest BCUT2D eigenvalue weighted by molar-refractivity contribution is -0.0458. The minimum atomic E-state index is -1.05. The second kappa shape index (κ2) is 6.24. The number of hydrogen-bond acceptors (Lipinski definition) is 6. The fourth-order valence-electron chi connectivity index (χ4n) is 2.53. The van der Waals surface area contributed by atoms with Crippen LogP contribution in [0.2, 0.25) is 0 Å². The van der Waals surface area contributed by atoms with Gasteiger partial charge < -0.3 is 19.3 Å². The van der Waals surface area contributed by atoms with E-state index in [2.05, 4.69) is 10.1 Å². The van der Waals surface area contributed by atoms with Crippen molar-refractivity contribution in [2.75, 3.05) is 13.1 Å². The van der Waals surface area contributed by atoms with Crippen molar-refractivity contribution in [3.05, 3.63) is 11.7 Å². The number of carbonyl (C=O) groups is 1. The molecule has 1 aromatic rings. The van der Waals surface area contributed by atoms with Gasteiger partial charge in [0.15, 0.2) is 5.82 Å². The molecule has 7 nitrogen and oxygen atoms in total. The number of hydrogen-bond donors (Lipinski definition) is 1. The molecule has 2 heterocycles. The molecule has 1 aliphatic rings. The minimum Gasteiger partial charge on any atom is -0.444 e. The summed E-state index contributed by atoms with van der Waals surface area (Å²) in [6.45, 7) is 8.21. The highest BCUT2D eigenvalue weighted by Gasteiger charge is 2.38. The van der Waals surface area contributed by atoms with Gasteiger partial charge in [-0.3, -0.25) is 0 Å². The molecule has 1 aliphatic heterocycles. The van der Waals surface area contributed by atoms with Crippen LogP contribution in [-0.2, 0) is 17.6 Å². The Morgan fingerprint density at radius 1 is 1.50 bits per heavy atom. The largest absolute Gasteiger partial charge is 0.444 e. The van der Waals surface area contributed by atoms with Gasteiger partial charge in [-0.25, -0.2) is 4.79 Å². The fourth-order valence-corrected chi connectivity index (χ4v) is 2.53. The summed E-state index contributed by atoms with van der Waals surface area (Å²) in [7, 11) is 0. The number of carbonyl (C=O) groups excluding carboxylic acids is 1. The molecule has 0 unspecified atom stereocenters. The van der Waals surface area contributed by atoms with E-state index in [9.17, 15) is 9.90 Å². The van der Waals surface area contributed by atoms with E-state index in [1.807, 2.05) is 27.7 Å². The van der Waals surface area contributed by atoms with Gasteiger partial charge in [-0.1, -0.05) is 12.1 Å². The van der Waals surface area contributed by atoms with Crippen LogP contribution < -0.4 is 0 Å². The van der Waals surface area contributed by atoms with E-state index in [-0.39, 0.29) is 13.0 Å². The molecule has 0 bridgehead atoms. The zero-order valence-electron chi connectivity index (χ0n) is 13.8. The summed E-state index contributed by atoms with van der Waals surface area (Å²) in [5.74, 6) is 1.03. The molecule has 0 aromatic carbocycles. The highest BCUT2D eigenvalue weighted by Crippen LogP contribution is 2.26. The van der Waals surface area contributed by atoms with Crippen LogP contribution >= 0.6 is 0 Å². The summed E-state index contributed by atoms with van der Waals surface area (Å²) in [5.41, 5.74) is -1.60. The second-order valence-corrected chi connectivity index (χ2v) is 6.86. The second-order valence-electron chi connectivity index (χ2n) is 6.86. The summed E-state index contributed by atoms with van der Waals surface area (Å²) in [6, 6.07) is 0. The highest BCUT2D eigenvalue weighted by molar-refractivity contribution is 5.68. The molecule has 22 heavy (non-hydrogen) atoms. The van der Waals surface area contributed by atoms with E-state index in [0.29, 0.717) is 37.5 Å². The van der Waals surface area contributed by atoms with Gasteiger partial charge in [0.25, 0.3) is 0 Å². The average Bonchev–Trinajstić information content (AvgIpc) is 2.83. The van der Waals surface area contributed by atoms with Crippen molar-refractivity contribution in [3.8, 4) is 0 Å². The van der Waals surface area contributed by atoms with Crippen LogP contribution in [0.1, 0.15) is 52.3 Å². The molecule has 124 valence electrons. The first-order chi connectivity index (χ1) is 10.2. The number of piperidine rings is 1. The van der Waals surface area contributed by atoms with Crippen molar-refractivity contribution in [2.24, 2.45) is 0 Å². The van der Waals surface area contributed by atoms with Crippen molar-refractivity contribution in [1.82, 2.24) is 15.0 Å². The molecule has 7 heteroatoms. The topological polar surface area (TPSA) is 88.7 Å². The molecule has 0 spiro atoms. The van der Waals surface area contributed by atoms with Crippen molar-refractivity contribution in [3.63, 3.8) is 0 Å². The fraction of sp³-hybridized carbons (Fsp3) is 0.800. The van der Waals surface area contributed by atoms with Crippen LogP contribution in [0.4, 0.5) is 4.79 Å². The molecule has 1 fully saturated rings. The molecule has 1 aromatic heterocycles. The summed E-state index contributed by atoms with van der Waals surface area (Å²) in [4.78, 5) is 17.9. The first-order valence-corrected chi connectivity index (χ1v) is 7.72. The number of aryl methyl sites for hydroxylation is 1. The molecule has 1 atom stereocenters. The third-order valence-electron chi connectivity index (χ3n) is 3.51. The monoisotopic (exact) mass is 311 g/mol. The van der Waals surface area contributed by atoms with E-state index in [0.717, 1.165) is 0 Å². The van der Waals surface area contributed by atoms with Crippen LogP contribution in [-0.4, -0.2) is 50.5 Å². The quantitative estimate of drug-likeness (QED) is 0.917. The van der Waals surface area contributed by atoms with E-state index < -0.39 is 17.3 Å². The molecule has 0 radical (unpaired) electrons.